The number of carbonyl (C=O) groups excluding carboxylic acids is 1. The van der Waals surface area contributed by atoms with Gasteiger partial charge in [0.15, 0.2) is 0 Å². The molecule has 1 amide bonds. The van der Waals surface area contributed by atoms with Crippen LogP contribution in [0.2, 0.25) is 0 Å². The predicted molar refractivity (Wildman–Crippen MR) is 104 cm³/mol. The van der Waals surface area contributed by atoms with E-state index < -0.39 is 5.97 Å². The second-order valence-corrected chi connectivity index (χ2v) is 6.25. The molecule has 3 N–H and O–H groups in total. The van der Waals surface area contributed by atoms with Crippen molar-refractivity contribution in [2.45, 2.75) is 13.8 Å². The molecule has 0 aromatic carbocycles. The molecule has 2 aromatic heterocycles. The number of rotatable bonds is 8. The average Bonchev–Trinajstić information content (AvgIpc) is 3.23. The van der Waals surface area contributed by atoms with Gasteiger partial charge in [-0.15, -0.1) is 11.3 Å². The minimum absolute atomic E-state index is 0.0292. The zero-order valence-corrected chi connectivity index (χ0v) is 15.3. The molecule has 0 saturated carbocycles. The fraction of sp³-hybridized carbons (Fsp3) is 0.105. The molecule has 134 valence electrons. The molecule has 2 aromatic rings. The van der Waals surface area contributed by atoms with Gasteiger partial charge in [-0.1, -0.05) is 24.8 Å². The number of carboxylic acids is 1. The Morgan fingerprint density at radius 2 is 2.23 bits per heavy atom. The first kappa shape index (κ1) is 19.1. The molecule has 0 fully saturated rings. The molecular formula is C19H19N3O3S. The lowest BCUT2D eigenvalue weighted by Crippen LogP contribution is -2.07. The van der Waals surface area contributed by atoms with Crippen LogP contribution >= 0.6 is 11.3 Å². The van der Waals surface area contributed by atoms with E-state index in [9.17, 15) is 14.7 Å². The number of hydrogen-bond acceptors (Lipinski definition) is 4. The normalized spacial score (nSPS) is 12.4. The van der Waals surface area contributed by atoms with Gasteiger partial charge in [-0.2, -0.15) is 0 Å². The summed E-state index contributed by atoms with van der Waals surface area (Å²) in [7, 11) is 0. The minimum atomic E-state index is -1.13. The van der Waals surface area contributed by atoms with Crippen molar-refractivity contribution in [3.63, 3.8) is 0 Å². The van der Waals surface area contributed by atoms with E-state index in [1.165, 1.54) is 17.4 Å². The first-order valence-electron chi connectivity index (χ1n) is 7.72. The lowest BCUT2D eigenvalue weighted by Gasteiger charge is -1.99. The van der Waals surface area contributed by atoms with Gasteiger partial charge in [-0.05, 0) is 25.5 Å². The minimum Gasteiger partial charge on any atom is -0.478 e. The topological polar surface area (TPSA) is 95.1 Å². The quantitative estimate of drug-likeness (QED) is 0.375. The Hall–Kier alpha value is -3.19. The molecule has 26 heavy (non-hydrogen) atoms. The van der Waals surface area contributed by atoms with Crippen LogP contribution in [0.3, 0.4) is 0 Å². The van der Waals surface area contributed by atoms with Gasteiger partial charge < -0.3 is 15.4 Å². The number of aromatic nitrogens is 2. The maximum Gasteiger partial charge on any atom is 0.337 e. The summed E-state index contributed by atoms with van der Waals surface area (Å²) in [5.41, 5.74) is 4.49. The number of H-pyrrole nitrogens is 1. The SMILES string of the molecule is C=C/C=C\c1c(-c2csc(/C(C)=C/C(=C\NC=O)C(=O)O)n2)c[nH]c1C. The van der Waals surface area contributed by atoms with Gasteiger partial charge in [0.05, 0.1) is 11.3 Å². The molecule has 0 aliphatic rings. The van der Waals surface area contributed by atoms with Crippen molar-refractivity contribution in [1.82, 2.24) is 15.3 Å². The van der Waals surface area contributed by atoms with Crippen LogP contribution in [-0.4, -0.2) is 27.5 Å². The largest absolute Gasteiger partial charge is 0.478 e. The van der Waals surface area contributed by atoms with E-state index in [1.807, 2.05) is 30.7 Å². The standard InChI is InChI=1S/C19H19N3O3S/c1-4-5-6-15-13(3)21-9-16(15)17-10-26-18(22-17)12(2)7-14(19(24)25)8-20-11-23/h4-11,21H,1H2,2-3H3,(H,20,23)(H,24,25)/b6-5-,12-7+,14-8+. The highest BCUT2D eigenvalue weighted by molar-refractivity contribution is 7.11. The number of aromatic amines is 1. The molecule has 7 heteroatoms. The molecule has 0 spiro atoms. The zero-order chi connectivity index (χ0) is 19.1. The third kappa shape index (κ3) is 4.46. The summed E-state index contributed by atoms with van der Waals surface area (Å²) in [5.74, 6) is -1.13. The summed E-state index contributed by atoms with van der Waals surface area (Å²) in [6.45, 7) is 7.44. The lowest BCUT2D eigenvalue weighted by atomic mass is 10.1. The second-order valence-electron chi connectivity index (χ2n) is 5.39. The third-order valence-corrected chi connectivity index (χ3v) is 4.55. The maximum atomic E-state index is 11.2. The number of carbonyl (C=O) groups is 2. The molecule has 6 nitrogen and oxygen atoms in total. The van der Waals surface area contributed by atoms with Gasteiger partial charge in [-0.3, -0.25) is 4.79 Å². The fourth-order valence-corrected chi connectivity index (χ4v) is 3.09. The number of allylic oxidation sites excluding steroid dienone is 3. The predicted octanol–water partition coefficient (Wildman–Crippen LogP) is 3.76. The van der Waals surface area contributed by atoms with Crippen LogP contribution in [0.25, 0.3) is 22.9 Å². The van der Waals surface area contributed by atoms with Crippen LogP contribution in [0.4, 0.5) is 0 Å². The molecular weight excluding hydrogens is 350 g/mol. The Morgan fingerprint density at radius 3 is 2.88 bits per heavy atom. The van der Waals surface area contributed by atoms with Crippen LogP contribution in [-0.2, 0) is 9.59 Å². The van der Waals surface area contributed by atoms with E-state index in [2.05, 4.69) is 21.9 Å². The Balaban J connectivity index is 2.37. The van der Waals surface area contributed by atoms with Crippen molar-refractivity contribution in [3.8, 4) is 11.3 Å². The molecule has 2 rings (SSSR count). The summed E-state index contributed by atoms with van der Waals surface area (Å²) in [6.07, 6.45) is 10.5. The van der Waals surface area contributed by atoms with Gasteiger partial charge in [0.25, 0.3) is 0 Å². The Kier molecular flexibility index (Phi) is 6.46. The molecule has 0 aliphatic carbocycles. The molecule has 0 bridgehead atoms. The maximum absolute atomic E-state index is 11.2. The number of amides is 1. The van der Waals surface area contributed by atoms with Crippen molar-refractivity contribution in [1.29, 1.82) is 0 Å². The summed E-state index contributed by atoms with van der Waals surface area (Å²) < 4.78 is 0. The third-order valence-electron chi connectivity index (χ3n) is 3.57. The molecule has 0 atom stereocenters. The highest BCUT2D eigenvalue weighted by Crippen LogP contribution is 2.31. The number of thiazole rings is 1. The molecule has 2 heterocycles. The van der Waals surface area contributed by atoms with Crippen LogP contribution < -0.4 is 5.32 Å². The van der Waals surface area contributed by atoms with Gasteiger partial charge in [0, 0.05) is 34.6 Å². The van der Waals surface area contributed by atoms with Crippen LogP contribution in [0, 0.1) is 6.92 Å². The van der Waals surface area contributed by atoms with Gasteiger partial charge in [-0.25, -0.2) is 9.78 Å². The molecule has 0 radical (unpaired) electrons. The van der Waals surface area contributed by atoms with Gasteiger partial charge in [0.1, 0.15) is 5.01 Å². The van der Waals surface area contributed by atoms with Crippen molar-refractivity contribution in [2.75, 3.05) is 0 Å². The van der Waals surface area contributed by atoms with Gasteiger partial charge in [0.2, 0.25) is 6.41 Å². The van der Waals surface area contributed by atoms with E-state index in [0.29, 0.717) is 17.0 Å². The Bertz CT molecular complexity index is 916. The number of hydrogen-bond donors (Lipinski definition) is 3. The second kappa shape index (κ2) is 8.77. The first-order chi connectivity index (χ1) is 12.5. The van der Waals surface area contributed by atoms with E-state index in [1.54, 1.807) is 13.0 Å². The number of carboxylic acid groups (broad SMARTS) is 1. The number of aliphatic carboxylic acids is 1. The van der Waals surface area contributed by atoms with E-state index >= 15 is 0 Å². The van der Waals surface area contributed by atoms with Crippen molar-refractivity contribution < 1.29 is 14.7 Å². The average molecular weight is 369 g/mol. The number of aryl methyl sites for hydroxylation is 1. The summed E-state index contributed by atoms with van der Waals surface area (Å²) in [5, 5.41) is 14.1. The number of nitrogens with zero attached hydrogens (tertiary/aromatic N) is 1. The van der Waals surface area contributed by atoms with Crippen LogP contribution in [0.15, 0.2) is 48.2 Å². The van der Waals surface area contributed by atoms with Crippen LogP contribution in [0.1, 0.15) is 23.2 Å². The molecule has 0 saturated heterocycles. The summed E-state index contributed by atoms with van der Waals surface area (Å²) >= 11 is 1.42. The van der Waals surface area contributed by atoms with Gasteiger partial charge >= 0.3 is 5.97 Å². The van der Waals surface area contributed by atoms with Crippen molar-refractivity contribution >= 4 is 35.4 Å². The summed E-state index contributed by atoms with van der Waals surface area (Å²) in [4.78, 5) is 29.4. The summed E-state index contributed by atoms with van der Waals surface area (Å²) in [6, 6.07) is 0. The van der Waals surface area contributed by atoms with Crippen molar-refractivity contribution in [2.24, 2.45) is 0 Å². The lowest BCUT2D eigenvalue weighted by molar-refractivity contribution is -0.132. The highest BCUT2D eigenvalue weighted by Gasteiger charge is 2.13. The smallest absolute Gasteiger partial charge is 0.337 e. The monoisotopic (exact) mass is 369 g/mol. The van der Waals surface area contributed by atoms with Crippen molar-refractivity contribution in [3.05, 3.63) is 64.4 Å². The molecule has 0 unspecified atom stereocenters. The molecule has 0 aliphatic heterocycles. The van der Waals surface area contributed by atoms with E-state index in [0.717, 1.165) is 28.7 Å². The Labute approximate surface area is 155 Å². The van der Waals surface area contributed by atoms with Crippen LogP contribution in [0.5, 0.6) is 0 Å². The number of nitrogens with one attached hydrogen (secondary N) is 2. The van der Waals surface area contributed by atoms with E-state index in [-0.39, 0.29) is 5.57 Å². The fourth-order valence-electron chi connectivity index (χ4n) is 2.29. The first-order valence-corrected chi connectivity index (χ1v) is 8.60. The Morgan fingerprint density at radius 1 is 1.46 bits per heavy atom. The highest BCUT2D eigenvalue weighted by atomic mass is 32.1. The zero-order valence-electron chi connectivity index (χ0n) is 14.4. The van der Waals surface area contributed by atoms with E-state index in [4.69, 9.17) is 0 Å².